The molecule has 10 heavy (non-hydrogen) atoms. The van der Waals surface area contributed by atoms with E-state index < -0.39 is 5.78 Å². The summed E-state index contributed by atoms with van der Waals surface area (Å²) in [6, 6.07) is 0. The molecular weight excluding hydrogens is 132 g/mol. The van der Waals surface area contributed by atoms with Crippen molar-refractivity contribution >= 4 is 12.1 Å². The molecule has 1 aliphatic rings. The molecule has 0 radical (unpaired) electrons. The van der Waals surface area contributed by atoms with Gasteiger partial charge in [0.2, 0.25) is 0 Å². The zero-order valence-electron chi connectivity index (χ0n) is 5.29. The van der Waals surface area contributed by atoms with E-state index in [0.717, 1.165) is 0 Å². The van der Waals surface area contributed by atoms with Crippen LogP contribution in [0.5, 0.6) is 0 Å². The molecule has 0 aromatic carbocycles. The number of ketones is 1. The first-order chi connectivity index (χ1) is 4.74. The first-order valence-corrected chi connectivity index (χ1v) is 2.76. The molecule has 52 valence electrons. The van der Waals surface area contributed by atoms with Gasteiger partial charge in [0.25, 0.3) is 5.78 Å². The summed E-state index contributed by atoms with van der Waals surface area (Å²) in [7, 11) is 0. The van der Waals surface area contributed by atoms with Crippen LogP contribution in [-0.4, -0.2) is 18.7 Å². The first kappa shape index (κ1) is 6.74. The molecule has 1 heterocycles. The minimum atomic E-state index is -0.626. The number of Topliss-reactive ketones (excluding diaryl/α,β-unsaturated/α-hetero) is 1. The maximum atomic E-state index is 10.6. The second-order valence-corrected chi connectivity index (χ2v) is 1.94. The third kappa shape index (κ3) is 1.13. The van der Waals surface area contributed by atoms with Crippen molar-refractivity contribution in [1.29, 1.82) is 0 Å². The molecule has 3 nitrogen and oxygen atoms in total. The molecule has 0 unspecified atom stereocenters. The van der Waals surface area contributed by atoms with Gasteiger partial charge in [0.1, 0.15) is 6.61 Å². The summed E-state index contributed by atoms with van der Waals surface area (Å²) in [5.41, 5.74) is 0.713. The molecule has 0 fully saturated rings. The zero-order valence-corrected chi connectivity index (χ0v) is 5.29. The molecule has 0 spiro atoms. The van der Waals surface area contributed by atoms with Crippen LogP contribution in [-0.2, 0) is 14.3 Å². The smallest absolute Gasteiger partial charge is 0.259 e. The fourth-order valence-corrected chi connectivity index (χ4v) is 0.640. The number of hydrogen-bond donors (Lipinski definition) is 0. The summed E-state index contributed by atoms with van der Waals surface area (Å²) >= 11 is 0. The van der Waals surface area contributed by atoms with Gasteiger partial charge >= 0.3 is 0 Å². The molecule has 0 N–H and O–H groups in total. The fraction of sp³-hybridized carbons (Fsp3) is 0.143. The Kier molecular flexibility index (Phi) is 1.67. The highest BCUT2D eigenvalue weighted by Crippen LogP contribution is 2.12. The summed E-state index contributed by atoms with van der Waals surface area (Å²) in [5, 5.41) is 0. The highest BCUT2D eigenvalue weighted by molar-refractivity contribution is 6.32. The number of carbonyl (C=O) groups is 2. The summed E-state index contributed by atoms with van der Waals surface area (Å²) in [6.07, 6.45) is 1.70. The molecule has 0 saturated carbocycles. The molecule has 0 aromatic heterocycles. The molecule has 0 amide bonds. The molecule has 0 saturated heterocycles. The quantitative estimate of drug-likeness (QED) is 0.405. The normalized spacial score (nSPS) is 16.0. The third-order valence-electron chi connectivity index (χ3n) is 1.10. The molecule has 3 heteroatoms. The Hall–Kier alpha value is -1.38. The lowest BCUT2D eigenvalue weighted by Crippen LogP contribution is -2.03. The Morgan fingerprint density at radius 2 is 2.50 bits per heavy atom. The topological polar surface area (TPSA) is 43.4 Å². The van der Waals surface area contributed by atoms with Crippen molar-refractivity contribution in [3.05, 3.63) is 24.0 Å². The van der Waals surface area contributed by atoms with Crippen molar-refractivity contribution in [2.45, 2.75) is 0 Å². The lowest BCUT2D eigenvalue weighted by molar-refractivity contribution is -0.129. The van der Waals surface area contributed by atoms with Gasteiger partial charge in [0, 0.05) is 0 Å². The van der Waals surface area contributed by atoms with Crippen molar-refractivity contribution < 1.29 is 14.3 Å². The van der Waals surface area contributed by atoms with Gasteiger partial charge in [-0.2, -0.15) is 0 Å². The van der Waals surface area contributed by atoms with E-state index in [1.54, 1.807) is 0 Å². The average molecular weight is 138 g/mol. The van der Waals surface area contributed by atoms with Crippen LogP contribution in [0.15, 0.2) is 24.0 Å². The minimum absolute atomic E-state index is 0.0972. The van der Waals surface area contributed by atoms with Gasteiger partial charge in [0.15, 0.2) is 12.0 Å². The number of aldehydes is 1. The number of carbonyl (C=O) groups excluding carboxylic acids is 2. The number of ether oxygens (including phenoxy) is 1. The maximum Gasteiger partial charge on any atom is 0.259 e. The van der Waals surface area contributed by atoms with Crippen LogP contribution in [0.3, 0.4) is 0 Å². The predicted octanol–water partition coefficient (Wildman–Crippen LogP) is 0.225. The van der Waals surface area contributed by atoms with Crippen molar-refractivity contribution in [2.24, 2.45) is 0 Å². The van der Waals surface area contributed by atoms with Gasteiger partial charge in [0.05, 0.1) is 0 Å². The molecule has 1 rings (SSSR count). The average Bonchev–Trinajstić information content (AvgIpc) is 2.34. The van der Waals surface area contributed by atoms with E-state index in [1.165, 1.54) is 6.08 Å². The lowest BCUT2D eigenvalue weighted by atomic mass is 10.3. The summed E-state index contributed by atoms with van der Waals surface area (Å²) < 4.78 is 4.80. The summed E-state index contributed by atoms with van der Waals surface area (Å²) in [6.45, 7) is 3.87. The second-order valence-electron chi connectivity index (χ2n) is 1.94. The van der Waals surface area contributed by atoms with Crippen LogP contribution in [0, 0.1) is 0 Å². The highest BCUT2D eigenvalue weighted by Gasteiger charge is 2.15. The summed E-state index contributed by atoms with van der Waals surface area (Å²) in [4.78, 5) is 20.5. The van der Waals surface area contributed by atoms with E-state index in [2.05, 4.69) is 6.58 Å². The van der Waals surface area contributed by atoms with Crippen LogP contribution in [0.1, 0.15) is 0 Å². The van der Waals surface area contributed by atoms with Crippen LogP contribution in [0.25, 0.3) is 0 Å². The number of hydrogen-bond acceptors (Lipinski definition) is 3. The highest BCUT2D eigenvalue weighted by atomic mass is 16.5. The van der Waals surface area contributed by atoms with Crippen LogP contribution in [0.2, 0.25) is 0 Å². The van der Waals surface area contributed by atoms with Crippen molar-refractivity contribution in [1.82, 2.24) is 0 Å². The van der Waals surface area contributed by atoms with E-state index in [1.807, 2.05) is 0 Å². The Bertz CT molecular complexity index is 225. The fourth-order valence-electron chi connectivity index (χ4n) is 0.640. The Morgan fingerprint density at radius 1 is 1.80 bits per heavy atom. The molecule has 0 aliphatic carbocycles. The molecule has 0 atom stereocenters. The Balaban J connectivity index is 2.75. The molecule has 0 aromatic rings. The van der Waals surface area contributed by atoms with Gasteiger partial charge in [-0.15, -0.1) is 0 Å². The van der Waals surface area contributed by atoms with Crippen molar-refractivity contribution in [3.8, 4) is 0 Å². The standard InChI is InChI=1S/C7H6O3/c1-5-2-7(10-4-5)6(9)3-8/h2-3H,1,4H2. The maximum absolute atomic E-state index is 10.6. The Labute approximate surface area is 58.0 Å². The summed E-state index contributed by atoms with van der Waals surface area (Å²) in [5.74, 6) is -0.529. The number of allylic oxidation sites excluding steroid dienone is 1. The molecular formula is C7H6O3. The van der Waals surface area contributed by atoms with Gasteiger partial charge in [-0.1, -0.05) is 6.58 Å². The van der Waals surface area contributed by atoms with Gasteiger partial charge in [-0.25, -0.2) is 0 Å². The number of rotatable bonds is 2. The van der Waals surface area contributed by atoms with Crippen LogP contribution < -0.4 is 0 Å². The monoisotopic (exact) mass is 138 g/mol. The van der Waals surface area contributed by atoms with Gasteiger partial charge < -0.3 is 4.74 Å². The lowest BCUT2D eigenvalue weighted by Gasteiger charge is -1.93. The van der Waals surface area contributed by atoms with Crippen molar-refractivity contribution in [3.63, 3.8) is 0 Å². The van der Waals surface area contributed by atoms with E-state index in [9.17, 15) is 9.59 Å². The largest absolute Gasteiger partial charge is 0.485 e. The van der Waals surface area contributed by atoms with E-state index >= 15 is 0 Å². The zero-order chi connectivity index (χ0) is 7.56. The van der Waals surface area contributed by atoms with E-state index in [-0.39, 0.29) is 12.0 Å². The molecule has 0 bridgehead atoms. The van der Waals surface area contributed by atoms with Gasteiger partial charge in [-0.3, -0.25) is 9.59 Å². The van der Waals surface area contributed by atoms with Crippen LogP contribution >= 0.6 is 0 Å². The predicted molar refractivity (Wildman–Crippen MR) is 34.2 cm³/mol. The van der Waals surface area contributed by atoms with Crippen molar-refractivity contribution in [2.75, 3.05) is 6.61 Å². The Morgan fingerprint density at radius 3 is 2.90 bits per heavy atom. The first-order valence-electron chi connectivity index (χ1n) is 2.76. The van der Waals surface area contributed by atoms with E-state index in [0.29, 0.717) is 12.2 Å². The van der Waals surface area contributed by atoms with Crippen LogP contribution in [0.4, 0.5) is 0 Å². The molecule has 1 aliphatic heterocycles. The second kappa shape index (κ2) is 2.47. The van der Waals surface area contributed by atoms with E-state index in [4.69, 9.17) is 4.74 Å². The minimum Gasteiger partial charge on any atom is -0.485 e. The SMILES string of the molecule is C=C1C=C(C(=O)C=O)OC1. The van der Waals surface area contributed by atoms with Gasteiger partial charge in [-0.05, 0) is 11.6 Å². The third-order valence-corrected chi connectivity index (χ3v) is 1.10.